The number of halogens is 3. The second-order valence-electron chi connectivity index (χ2n) is 7.60. The molecule has 3 aromatic rings. The monoisotopic (exact) mass is 453 g/mol. The van der Waals surface area contributed by atoms with Crippen molar-refractivity contribution < 1.29 is 27.4 Å². The van der Waals surface area contributed by atoms with E-state index in [4.69, 9.17) is 9.47 Å². The number of nitrogens with zero attached hydrogens (tertiary/aromatic N) is 2. The second-order valence-corrected chi connectivity index (χ2v) is 7.60. The fraction of sp³-hybridized carbons (Fsp3) is 0.167. The second kappa shape index (κ2) is 8.16. The standard InChI is InChI=1S/C24H18F3N3O3/c25-24(26,27)17-7-9-18(10-8-17)28-23(31)30-13-19(15-4-2-1-3-5-15)22(29-30)16-6-11-20-21(12-16)33-14-32-20/h1-12,19H,13-14H2,(H,28,31). The van der Waals surface area contributed by atoms with Gasteiger partial charge >= 0.3 is 12.2 Å². The molecule has 1 unspecified atom stereocenters. The largest absolute Gasteiger partial charge is 0.454 e. The zero-order valence-electron chi connectivity index (χ0n) is 17.2. The molecule has 0 aromatic heterocycles. The zero-order valence-corrected chi connectivity index (χ0v) is 17.2. The highest BCUT2D eigenvalue weighted by atomic mass is 19.4. The van der Waals surface area contributed by atoms with Crippen LogP contribution in [0, 0.1) is 0 Å². The van der Waals surface area contributed by atoms with Crippen LogP contribution in [0.15, 0.2) is 77.9 Å². The Hall–Kier alpha value is -4.01. The van der Waals surface area contributed by atoms with Crippen molar-refractivity contribution in [1.82, 2.24) is 5.01 Å². The lowest BCUT2D eigenvalue weighted by Crippen LogP contribution is -2.30. The molecule has 0 radical (unpaired) electrons. The summed E-state index contributed by atoms with van der Waals surface area (Å²) >= 11 is 0. The highest BCUT2D eigenvalue weighted by molar-refractivity contribution is 6.08. The number of carbonyl (C=O) groups excluding carboxylic acids is 1. The molecule has 168 valence electrons. The van der Waals surface area contributed by atoms with Crippen LogP contribution in [0.1, 0.15) is 22.6 Å². The maximum Gasteiger partial charge on any atom is 0.416 e. The Bertz CT molecular complexity index is 1210. The van der Waals surface area contributed by atoms with E-state index in [9.17, 15) is 18.0 Å². The molecular weight excluding hydrogens is 435 g/mol. The third kappa shape index (κ3) is 4.21. The number of carbonyl (C=O) groups is 1. The van der Waals surface area contributed by atoms with Gasteiger partial charge in [-0.2, -0.15) is 18.3 Å². The summed E-state index contributed by atoms with van der Waals surface area (Å²) in [5.74, 6) is 1.06. The molecule has 9 heteroatoms. The minimum Gasteiger partial charge on any atom is -0.454 e. The molecule has 0 spiro atoms. The Labute approximate surface area is 187 Å². The number of hydrogen-bond acceptors (Lipinski definition) is 4. The highest BCUT2D eigenvalue weighted by Crippen LogP contribution is 2.36. The maximum absolute atomic E-state index is 12.9. The number of hydrogen-bond donors (Lipinski definition) is 1. The highest BCUT2D eigenvalue weighted by Gasteiger charge is 2.33. The third-order valence-corrected chi connectivity index (χ3v) is 5.48. The van der Waals surface area contributed by atoms with Crippen LogP contribution in [-0.2, 0) is 6.18 Å². The van der Waals surface area contributed by atoms with E-state index in [2.05, 4.69) is 10.4 Å². The number of anilines is 1. The first-order valence-electron chi connectivity index (χ1n) is 10.2. The van der Waals surface area contributed by atoms with Gasteiger partial charge in [-0.1, -0.05) is 30.3 Å². The van der Waals surface area contributed by atoms with Gasteiger partial charge in [-0.3, -0.25) is 0 Å². The van der Waals surface area contributed by atoms with Crippen LogP contribution in [-0.4, -0.2) is 30.1 Å². The average Bonchev–Trinajstić information content (AvgIpc) is 3.46. The van der Waals surface area contributed by atoms with Crippen molar-refractivity contribution in [3.8, 4) is 11.5 Å². The van der Waals surface area contributed by atoms with Crippen molar-refractivity contribution >= 4 is 17.4 Å². The molecule has 2 amide bonds. The number of amides is 2. The van der Waals surface area contributed by atoms with Crippen molar-refractivity contribution in [2.75, 3.05) is 18.7 Å². The van der Waals surface area contributed by atoms with Crippen LogP contribution < -0.4 is 14.8 Å². The summed E-state index contributed by atoms with van der Waals surface area (Å²) in [6.07, 6.45) is -4.44. The molecule has 6 nitrogen and oxygen atoms in total. The molecule has 2 aliphatic heterocycles. The number of urea groups is 1. The van der Waals surface area contributed by atoms with Crippen molar-refractivity contribution in [2.45, 2.75) is 12.1 Å². The SMILES string of the molecule is O=C(Nc1ccc(C(F)(F)F)cc1)N1CC(c2ccccc2)C(c2ccc3c(c2)OCO3)=N1. The Kier molecular flexibility index (Phi) is 5.16. The molecular formula is C24H18F3N3O3. The number of rotatable bonds is 3. The van der Waals surface area contributed by atoms with Crippen LogP contribution in [0.5, 0.6) is 11.5 Å². The molecule has 0 fully saturated rings. The lowest BCUT2D eigenvalue weighted by Gasteiger charge is -2.16. The first kappa shape index (κ1) is 20.9. The molecule has 2 heterocycles. The fourth-order valence-electron chi connectivity index (χ4n) is 3.82. The van der Waals surface area contributed by atoms with Crippen LogP contribution in [0.2, 0.25) is 0 Å². The number of benzene rings is 3. The van der Waals surface area contributed by atoms with E-state index >= 15 is 0 Å². The van der Waals surface area contributed by atoms with Gasteiger partial charge < -0.3 is 14.8 Å². The summed E-state index contributed by atoms with van der Waals surface area (Å²) in [5.41, 5.74) is 1.92. The smallest absolute Gasteiger partial charge is 0.416 e. The van der Waals surface area contributed by atoms with E-state index in [-0.39, 0.29) is 24.9 Å². The van der Waals surface area contributed by atoms with Gasteiger partial charge in [0, 0.05) is 17.2 Å². The van der Waals surface area contributed by atoms with Crippen molar-refractivity contribution in [2.24, 2.45) is 5.10 Å². The van der Waals surface area contributed by atoms with Crippen molar-refractivity contribution in [3.05, 3.63) is 89.5 Å². The minimum atomic E-state index is -4.44. The molecule has 0 aliphatic carbocycles. The van der Waals surface area contributed by atoms with Gasteiger partial charge in [-0.15, -0.1) is 0 Å². The molecule has 1 atom stereocenters. The lowest BCUT2D eigenvalue weighted by atomic mass is 9.90. The quantitative estimate of drug-likeness (QED) is 0.572. The van der Waals surface area contributed by atoms with E-state index in [1.54, 1.807) is 6.07 Å². The van der Waals surface area contributed by atoms with E-state index in [0.29, 0.717) is 17.2 Å². The Morgan fingerprint density at radius 1 is 0.970 bits per heavy atom. The average molecular weight is 453 g/mol. The first-order valence-corrected chi connectivity index (χ1v) is 10.2. The van der Waals surface area contributed by atoms with Gasteiger partial charge in [0.1, 0.15) is 0 Å². The number of ether oxygens (including phenoxy) is 2. The van der Waals surface area contributed by atoms with Crippen molar-refractivity contribution in [1.29, 1.82) is 0 Å². The number of alkyl halides is 3. The molecule has 33 heavy (non-hydrogen) atoms. The molecule has 3 aromatic carbocycles. The summed E-state index contributed by atoms with van der Waals surface area (Å²) in [4.78, 5) is 12.9. The Morgan fingerprint density at radius 3 is 2.42 bits per heavy atom. The predicted molar refractivity (Wildman–Crippen MR) is 115 cm³/mol. The fourth-order valence-corrected chi connectivity index (χ4v) is 3.82. The van der Waals surface area contributed by atoms with Gasteiger partial charge in [0.25, 0.3) is 0 Å². The van der Waals surface area contributed by atoms with E-state index in [1.807, 2.05) is 42.5 Å². The molecule has 5 rings (SSSR count). The summed E-state index contributed by atoms with van der Waals surface area (Å²) in [7, 11) is 0. The van der Waals surface area contributed by atoms with Gasteiger partial charge in [0.2, 0.25) is 6.79 Å². The van der Waals surface area contributed by atoms with Crippen LogP contribution >= 0.6 is 0 Å². The molecule has 0 saturated heterocycles. The topological polar surface area (TPSA) is 63.2 Å². The van der Waals surface area contributed by atoms with Gasteiger partial charge in [0.15, 0.2) is 11.5 Å². The van der Waals surface area contributed by atoms with Crippen molar-refractivity contribution in [3.63, 3.8) is 0 Å². The Morgan fingerprint density at radius 2 is 1.70 bits per heavy atom. The zero-order chi connectivity index (χ0) is 23.0. The predicted octanol–water partition coefficient (Wildman–Crippen LogP) is 5.47. The first-order chi connectivity index (χ1) is 15.9. The van der Waals surface area contributed by atoms with E-state index < -0.39 is 17.8 Å². The summed E-state index contributed by atoms with van der Waals surface area (Å²) in [6.45, 7) is 0.426. The van der Waals surface area contributed by atoms with Crippen LogP contribution in [0.25, 0.3) is 0 Å². The lowest BCUT2D eigenvalue weighted by molar-refractivity contribution is -0.137. The molecule has 2 aliphatic rings. The molecule has 1 N–H and O–H groups in total. The minimum absolute atomic E-state index is 0.148. The third-order valence-electron chi connectivity index (χ3n) is 5.48. The Balaban J connectivity index is 1.41. The number of hydrazone groups is 1. The summed E-state index contributed by atoms with van der Waals surface area (Å²) in [6, 6.07) is 18.9. The van der Waals surface area contributed by atoms with E-state index in [0.717, 1.165) is 23.3 Å². The molecule has 0 saturated carbocycles. The van der Waals surface area contributed by atoms with E-state index in [1.165, 1.54) is 17.1 Å². The summed E-state index contributed by atoms with van der Waals surface area (Å²) in [5, 5.41) is 8.46. The normalized spacial score (nSPS) is 17.1. The van der Waals surface area contributed by atoms with Gasteiger partial charge in [0.05, 0.1) is 17.8 Å². The number of nitrogens with one attached hydrogen (secondary N) is 1. The van der Waals surface area contributed by atoms with Gasteiger partial charge in [-0.05, 0) is 48.0 Å². The number of fused-ring (bicyclic) bond motifs is 1. The van der Waals surface area contributed by atoms with Gasteiger partial charge in [-0.25, -0.2) is 9.80 Å². The van der Waals surface area contributed by atoms with Crippen LogP contribution in [0.3, 0.4) is 0 Å². The molecule has 0 bridgehead atoms. The van der Waals surface area contributed by atoms with Crippen LogP contribution in [0.4, 0.5) is 23.7 Å². The maximum atomic E-state index is 12.9. The summed E-state index contributed by atoms with van der Waals surface area (Å²) < 4.78 is 49.2.